The van der Waals surface area contributed by atoms with Crippen molar-refractivity contribution in [3.05, 3.63) is 18.2 Å². The van der Waals surface area contributed by atoms with Gasteiger partial charge in [0.25, 0.3) is 0 Å². The van der Waals surface area contributed by atoms with Crippen molar-refractivity contribution in [2.75, 3.05) is 18.1 Å². The maximum Gasteiger partial charge on any atom is 0.228 e. The highest BCUT2D eigenvalue weighted by Gasteiger charge is 2.33. The zero-order valence-corrected chi connectivity index (χ0v) is 11.1. The molecular formula is C11H17N3O3S. The second-order valence-electron chi connectivity index (χ2n) is 4.49. The molecule has 6 nitrogen and oxygen atoms in total. The van der Waals surface area contributed by atoms with Crippen LogP contribution in [0.3, 0.4) is 0 Å². The van der Waals surface area contributed by atoms with E-state index in [4.69, 9.17) is 0 Å². The number of H-pyrrole nitrogens is 1. The van der Waals surface area contributed by atoms with Gasteiger partial charge in [0.15, 0.2) is 9.84 Å². The molecule has 1 fully saturated rings. The van der Waals surface area contributed by atoms with E-state index in [1.54, 1.807) is 11.1 Å². The van der Waals surface area contributed by atoms with E-state index in [1.807, 2.05) is 6.92 Å². The van der Waals surface area contributed by atoms with Crippen molar-refractivity contribution >= 4 is 15.7 Å². The summed E-state index contributed by atoms with van der Waals surface area (Å²) in [4.78, 5) is 20.5. The van der Waals surface area contributed by atoms with Crippen molar-refractivity contribution in [2.45, 2.75) is 25.8 Å². The van der Waals surface area contributed by atoms with Gasteiger partial charge in [-0.25, -0.2) is 13.4 Å². The molecule has 1 aliphatic heterocycles. The third-order valence-corrected chi connectivity index (χ3v) is 4.96. The summed E-state index contributed by atoms with van der Waals surface area (Å²) in [6.45, 7) is 2.41. The number of carbonyl (C=O) groups is 1. The van der Waals surface area contributed by atoms with Crippen LogP contribution < -0.4 is 0 Å². The van der Waals surface area contributed by atoms with Gasteiger partial charge >= 0.3 is 0 Å². The molecule has 1 aromatic heterocycles. The summed E-state index contributed by atoms with van der Waals surface area (Å²) in [6.07, 6.45) is 3.92. The van der Waals surface area contributed by atoms with Crippen molar-refractivity contribution in [3.63, 3.8) is 0 Å². The van der Waals surface area contributed by atoms with Gasteiger partial charge in [-0.2, -0.15) is 0 Å². The number of hydrogen-bond acceptors (Lipinski definition) is 4. The number of carbonyl (C=O) groups excluding carboxylic acids is 1. The van der Waals surface area contributed by atoms with Crippen LogP contribution in [0.5, 0.6) is 0 Å². The molecule has 0 spiro atoms. The molecule has 0 radical (unpaired) electrons. The zero-order chi connectivity index (χ0) is 13.2. The van der Waals surface area contributed by atoms with Gasteiger partial charge in [-0.3, -0.25) is 4.79 Å². The lowest BCUT2D eigenvalue weighted by Crippen LogP contribution is -2.41. The number of aromatic amines is 1. The first-order valence-electron chi connectivity index (χ1n) is 5.99. The first-order valence-corrected chi connectivity index (χ1v) is 7.81. The maximum atomic E-state index is 12.1. The number of sulfone groups is 1. The molecule has 1 N–H and O–H groups in total. The molecule has 18 heavy (non-hydrogen) atoms. The molecule has 0 saturated carbocycles. The van der Waals surface area contributed by atoms with Gasteiger partial charge in [-0.15, -0.1) is 0 Å². The van der Waals surface area contributed by atoms with Crippen LogP contribution in [0, 0.1) is 0 Å². The number of aromatic nitrogens is 2. The van der Waals surface area contributed by atoms with Crippen molar-refractivity contribution < 1.29 is 13.2 Å². The Bertz CT molecular complexity index is 510. The molecule has 1 atom stereocenters. The van der Waals surface area contributed by atoms with Crippen LogP contribution in [0.1, 0.15) is 19.0 Å². The standard InChI is InChI=1S/C11H17N3O3S/c1-2-14(10-3-4-18(16,17)7-10)11(15)5-9-6-12-8-13-9/h6,8,10H,2-5,7H2,1H3,(H,12,13). The number of nitrogens with zero attached hydrogens (tertiary/aromatic N) is 2. The van der Waals surface area contributed by atoms with Crippen molar-refractivity contribution in [1.29, 1.82) is 0 Å². The lowest BCUT2D eigenvalue weighted by atomic mass is 10.2. The second-order valence-corrected chi connectivity index (χ2v) is 6.72. The Balaban J connectivity index is 2.03. The van der Waals surface area contributed by atoms with E-state index >= 15 is 0 Å². The SMILES string of the molecule is CCN(C(=O)Cc1cnc[nH]1)C1CCS(=O)(=O)C1. The third kappa shape index (κ3) is 2.90. The molecule has 100 valence electrons. The summed E-state index contributed by atoms with van der Waals surface area (Å²) >= 11 is 0. The predicted octanol–water partition coefficient (Wildman–Crippen LogP) is -0.0122. The zero-order valence-electron chi connectivity index (χ0n) is 10.3. The third-order valence-electron chi connectivity index (χ3n) is 3.21. The topological polar surface area (TPSA) is 83.1 Å². The van der Waals surface area contributed by atoms with Crippen molar-refractivity contribution in [3.8, 4) is 0 Å². The Morgan fingerprint density at radius 3 is 2.89 bits per heavy atom. The normalized spacial score (nSPS) is 21.9. The van der Waals surface area contributed by atoms with Gasteiger partial charge in [0, 0.05) is 24.5 Å². The van der Waals surface area contributed by atoms with Crippen LogP contribution in [0.15, 0.2) is 12.5 Å². The Hall–Kier alpha value is -1.37. The number of amides is 1. The minimum atomic E-state index is -2.96. The van der Waals surface area contributed by atoms with Gasteiger partial charge in [0.05, 0.1) is 24.3 Å². The van der Waals surface area contributed by atoms with E-state index in [-0.39, 0.29) is 29.9 Å². The van der Waals surface area contributed by atoms with E-state index in [9.17, 15) is 13.2 Å². The number of likely N-dealkylation sites (N-methyl/N-ethyl adjacent to an activating group) is 1. The van der Waals surface area contributed by atoms with Crippen LogP contribution in [-0.2, 0) is 21.1 Å². The van der Waals surface area contributed by atoms with E-state index < -0.39 is 9.84 Å². The van der Waals surface area contributed by atoms with E-state index in [1.165, 1.54) is 6.33 Å². The van der Waals surface area contributed by atoms with Crippen LogP contribution in [0.4, 0.5) is 0 Å². The molecule has 2 rings (SSSR count). The fourth-order valence-corrected chi connectivity index (χ4v) is 4.04. The summed E-state index contributed by atoms with van der Waals surface area (Å²) in [5.41, 5.74) is 0.749. The Labute approximate surface area is 106 Å². The fourth-order valence-electron chi connectivity index (χ4n) is 2.31. The molecule has 2 heterocycles. The summed E-state index contributed by atoms with van der Waals surface area (Å²) in [6, 6.07) is -0.171. The molecule has 1 aromatic rings. The van der Waals surface area contributed by atoms with E-state index in [0.717, 1.165) is 5.69 Å². The molecule has 1 aliphatic rings. The van der Waals surface area contributed by atoms with Gasteiger partial charge in [0.1, 0.15) is 0 Å². The molecule has 1 amide bonds. The van der Waals surface area contributed by atoms with Crippen LogP contribution in [0.2, 0.25) is 0 Å². The molecule has 0 bridgehead atoms. The smallest absolute Gasteiger partial charge is 0.228 e. The number of rotatable bonds is 4. The minimum absolute atomic E-state index is 0.0520. The highest BCUT2D eigenvalue weighted by Crippen LogP contribution is 2.18. The number of imidazole rings is 1. The van der Waals surface area contributed by atoms with Crippen LogP contribution in [-0.4, -0.2) is 53.3 Å². The Morgan fingerprint density at radius 1 is 1.61 bits per heavy atom. The van der Waals surface area contributed by atoms with E-state index in [0.29, 0.717) is 13.0 Å². The number of nitrogens with one attached hydrogen (secondary N) is 1. The molecule has 7 heteroatoms. The quantitative estimate of drug-likeness (QED) is 0.834. The highest BCUT2D eigenvalue weighted by atomic mass is 32.2. The minimum Gasteiger partial charge on any atom is -0.348 e. The predicted molar refractivity (Wildman–Crippen MR) is 66.7 cm³/mol. The number of hydrogen-bond donors (Lipinski definition) is 1. The molecular weight excluding hydrogens is 254 g/mol. The summed E-state index contributed by atoms with van der Waals surface area (Å²) < 4.78 is 22.9. The van der Waals surface area contributed by atoms with E-state index in [2.05, 4.69) is 9.97 Å². The van der Waals surface area contributed by atoms with Crippen LogP contribution >= 0.6 is 0 Å². The average molecular weight is 271 g/mol. The highest BCUT2D eigenvalue weighted by molar-refractivity contribution is 7.91. The lowest BCUT2D eigenvalue weighted by Gasteiger charge is -2.26. The molecule has 1 saturated heterocycles. The van der Waals surface area contributed by atoms with Crippen LogP contribution in [0.25, 0.3) is 0 Å². The summed E-state index contributed by atoms with van der Waals surface area (Å²) in [5.74, 6) is 0.227. The molecule has 0 aromatic carbocycles. The molecule has 1 unspecified atom stereocenters. The largest absolute Gasteiger partial charge is 0.348 e. The summed E-state index contributed by atoms with van der Waals surface area (Å²) in [7, 11) is -2.96. The molecule has 0 aliphatic carbocycles. The second kappa shape index (κ2) is 5.09. The maximum absolute atomic E-state index is 12.1. The Morgan fingerprint density at radius 2 is 2.39 bits per heavy atom. The van der Waals surface area contributed by atoms with Crippen molar-refractivity contribution in [1.82, 2.24) is 14.9 Å². The lowest BCUT2D eigenvalue weighted by molar-refractivity contribution is -0.132. The van der Waals surface area contributed by atoms with Gasteiger partial charge < -0.3 is 9.88 Å². The average Bonchev–Trinajstić information content (AvgIpc) is 2.89. The Kier molecular flexibility index (Phi) is 3.70. The van der Waals surface area contributed by atoms with Gasteiger partial charge in [-0.05, 0) is 13.3 Å². The van der Waals surface area contributed by atoms with Gasteiger partial charge in [-0.1, -0.05) is 0 Å². The summed E-state index contributed by atoms with van der Waals surface area (Å²) in [5, 5.41) is 0. The first-order chi connectivity index (χ1) is 8.52. The van der Waals surface area contributed by atoms with Crippen molar-refractivity contribution in [2.24, 2.45) is 0 Å². The first kappa shape index (κ1) is 13.1. The van der Waals surface area contributed by atoms with Gasteiger partial charge in [0.2, 0.25) is 5.91 Å². The fraction of sp³-hybridized carbons (Fsp3) is 0.636. The monoisotopic (exact) mass is 271 g/mol.